The van der Waals surface area contributed by atoms with E-state index in [0.717, 1.165) is 0 Å². The molecular weight excluding hydrogens is 261 g/mol. The fourth-order valence-electron chi connectivity index (χ4n) is 2.23. The monoisotopic (exact) mass is 274 g/mol. The van der Waals surface area contributed by atoms with E-state index in [4.69, 9.17) is 5.11 Å². The number of hydrogen-bond acceptors (Lipinski definition) is 3. The zero-order chi connectivity index (χ0) is 14.0. The van der Waals surface area contributed by atoms with E-state index in [0.29, 0.717) is 0 Å². The number of aromatic carboxylic acids is 1. The largest absolute Gasteiger partial charge is 0.478 e. The first-order valence-corrected chi connectivity index (χ1v) is 5.89. The van der Waals surface area contributed by atoms with Gasteiger partial charge in [-0.3, -0.25) is 0 Å². The summed E-state index contributed by atoms with van der Waals surface area (Å²) in [5, 5.41) is 9.03. The van der Waals surface area contributed by atoms with Gasteiger partial charge in [0.05, 0.1) is 5.92 Å². The summed E-state index contributed by atoms with van der Waals surface area (Å²) < 4.78 is 37.7. The number of rotatable bonds is 2. The average Bonchev–Trinajstić information content (AvgIpc) is 2.38. The summed E-state index contributed by atoms with van der Waals surface area (Å²) in [6.07, 6.45) is -2.79. The van der Waals surface area contributed by atoms with Gasteiger partial charge in [0.15, 0.2) is 0 Å². The number of piperidine rings is 1. The number of anilines is 1. The molecule has 1 N–H and O–H groups in total. The van der Waals surface area contributed by atoms with Crippen molar-refractivity contribution in [3.63, 3.8) is 0 Å². The fraction of sp³-hybridized carbons (Fsp3) is 0.500. The molecule has 2 rings (SSSR count). The molecular formula is C12H13F3N2O2. The summed E-state index contributed by atoms with van der Waals surface area (Å²) in [5.41, 5.74) is 0.0213. The Morgan fingerprint density at radius 1 is 1.37 bits per heavy atom. The van der Waals surface area contributed by atoms with Crippen molar-refractivity contribution in [3.05, 3.63) is 23.9 Å². The molecule has 19 heavy (non-hydrogen) atoms. The molecule has 104 valence electrons. The first-order valence-electron chi connectivity index (χ1n) is 5.89. The maximum Gasteiger partial charge on any atom is 0.391 e. The molecule has 7 heteroatoms. The van der Waals surface area contributed by atoms with Gasteiger partial charge in [0.2, 0.25) is 0 Å². The smallest absolute Gasteiger partial charge is 0.391 e. The van der Waals surface area contributed by atoms with Gasteiger partial charge in [-0.05, 0) is 25.0 Å². The first-order chi connectivity index (χ1) is 8.89. The molecule has 0 bridgehead atoms. The maximum absolute atomic E-state index is 12.6. The second kappa shape index (κ2) is 5.07. The molecule has 1 aliphatic rings. The van der Waals surface area contributed by atoms with Crippen molar-refractivity contribution >= 4 is 11.8 Å². The lowest BCUT2D eigenvalue weighted by atomic mass is 9.96. The van der Waals surface area contributed by atoms with Crippen molar-refractivity contribution < 1.29 is 23.1 Å². The van der Waals surface area contributed by atoms with Crippen molar-refractivity contribution in [2.75, 3.05) is 18.0 Å². The highest BCUT2D eigenvalue weighted by molar-refractivity contribution is 5.93. The number of carboxylic acids is 1. The summed E-state index contributed by atoms with van der Waals surface area (Å²) in [6, 6.07) is 2.90. The third-order valence-corrected chi connectivity index (χ3v) is 3.27. The van der Waals surface area contributed by atoms with E-state index in [1.807, 2.05) is 0 Å². The molecule has 0 saturated carbocycles. The molecule has 1 aromatic rings. The number of aromatic nitrogens is 1. The van der Waals surface area contributed by atoms with Crippen molar-refractivity contribution in [3.8, 4) is 0 Å². The summed E-state index contributed by atoms with van der Waals surface area (Å²) >= 11 is 0. The van der Waals surface area contributed by atoms with Crippen LogP contribution in [0, 0.1) is 5.92 Å². The summed E-state index contributed by atoms with van der Waals surface area (Å²) in [7, 11) is 0. The van der Waals surface area contributed by atoms with Crippen molar-refractivity contribution in [1.82, 2.24) is 4.98 Å². The van der Waals surface area contributed by atoms with Crippen LogP contribution in [0.3, 0.4) is 0 Å². The van der Waals surface area contributed by atoms with Crippen LogP contribution >= 0.6 is 0 Å². The summed E-state index contributed by atoms with van der Waals surface area (Å²) in [4.78, 5) is 16.6. The van der Waals surface area contributed by atoms with Gasteiger partial charge in [-0.25, -0.2) is 9.78 Å². The van der Waals surface area contributed by atoms with Gasteiger partial charge in [-0.15, -0.1) is 0 Å². The maximum atomic E-state index is 12.6. The Labute approximate surface area is 107 Å². The number of nitrogens with zero attached hydrogens (tertiary/aromatic N) is 2. The second-order valence-electron chi connectivity index (χ2n) is 4.48. The minimum absolute atomic E-state index is 0.0213. The van der Waals surface area contributed by atoms with Gasteiger partial charge < -0.3 is 10.0 Å². The third-order valence-electron chi connectivity index (χ3n) is 3.27. The van der Waals surface area contributed by atoms with Crippen LogP contribution in [0.2, 0.25) is 0 Å². The molecule has 0 unspecified atom stereocenters. The molecule has 2 heterocycles. The van der Waals surface area contributed by atoms with E-state index < -0.39 is 18.1 Å². The van der Waals surface area contributed by atoms with Gasteiger partial charge in [-0.2, -0.15) is 13.2 Å². The molecule has 1 saturated heterocycles. The quantitative estimate of drug-likeness (QED) is 0.900. The van der Waals surface area contributed by atoms with Crippen LogP contribution in [0.15, 0.2) is 18.3 Å². The van der Waals surface area contributed by atoms with Gasteiger partial charge in [-0.1, -0.05) is 0 Å². The Kier molecular flexibility index (Phi) is 3.64. The van der Waals surface area contributed by atoms with Crippen LogP contribution in [0.1, 0.15) is 23.2 Å². The Balaban J connectivity index is 2.12. The number of alkyl halides is 3. The number of carboxylic acid groups (broad SMARTS) is 1. The lowest BCUT2D eigenvalue weighted by Crippen LogP contribution is -2.40. The zero-order valence-electron chi connectivity index (χ0n) is 10.0. The van der Waals surface area contributed by atoms with E-state index in [2.05, 4.69) is 4.98 Å². The normalized spacial score (nSPS) is 17.5. The predicted molar refractivity (Wildman–Crippen MR) is 62.2 cm³/mol. The highest BCUT2D eigenvalue weighted by Crippen LogP contribution is 2.35. The molecule has 0 aliphatic carbocycles. The zero-order valence-corrected chi connectivity index (χ0v) is 10.0. The van der Waals surface area contributed by atoms with Crippen LogP contribution in [0.25, 0.3) is 0 Å². The fourth-order valence-corrected chi connectivity index (χ4v) is 2.23. The molecule has 1 aromatic heterocycles. The first kappa shape index (κ1) is 13.6. The minimum Gasteiger partial charge on any atom is -0.478 e. The highest BCUT2D eigenvalue weighted by Gasteiger charge is 2.41. The van der Waals surface area contributed by atoms with Crippen molar-refractivity contribution in [1.29, 1.82) is 0 Å². The van der Waals surface area contributed by atoms with Crippen LogP contribution in [-0.2, 0) is 0 Å². The molecule has 0 radical (unpaired) electrons. The van der Waals surface area contributed by atoms with E-state index in [1.165, 1.54) is 18.3 Å². The van der Waals surface area contributed by atoms with E-state index >= 15 is 0 Å². The summed E-state index contributed by atoms with van der Waals surface area (Å²) in [6.45, 7) is 0.336. The SMILES string of the molecule is O=C(O)c1cccnc1N1CCC(C(F)(F)F)CC1. The van der Waals surface area contributed by atoms with E-state index in [-0.39, 0.29) is 37.3 Å². The standard InChI is InChI=1S/C12H13F3N2O2/c13-12(14,15)8-3-6-17(7-4-8)10-9(11(18)19)2-1-5-16-10/h1-2,5,8H,3-4,6-7H2,(H,18,19). The lowest BCUT2D eigenvalue weighted by molar-refractivity contribution is -0.179. The highest BCUT2D eigenvalue weighted by atomic mass is 19.4. The Bertz CT molecular complexity index is 468. The molecule has 0 aromatic carbocycles. The van der Waals surface area contributed by atoms with Gasteiger partial charge in [0.25, 0.3) is 0 Å². The molecule has 1 fully saturated rings. The van der Waals surface area contributed by atoms with Crippen LogP contribution < -0.4 is 4.90 Å². The number of carbonyl (C=O) groups is 1. The van der Waals surface area contributed by atoms with Crippen molar-refractivity contribution in [2.45, 2.75) is 19.0 Å². The predicted octanol–water partition coefficient (Wildman–Crippen LogP) is 2.56. The minimum atomic E-state index is -4.17. The number of pyridine rings is 1. The van der Waals surface area contributed by atoms with Gasteiger partial charge in [0.1, 0.15) is 11.4 Å². The van der Waals surface area contributed by atoms with Crippen LogP contribution in [-0.4, -0.2) is 35.3 Å². The molecule has 0 amide bonds. The van der Waals surface area contributed by atoms with E-state index in [9.17, 15) is 18.0 Å². The number of hydrogen-bond donors (Lipinski definition) is 1. The van der Waals surface area contributed by atoms with E-state index in [1.54, 1.807) is 4.90 Å². The van der Waals surface area contributed by atoms with Gasteiger partial charge in [0, 0.05) is 19.3 Å². The van der Waals surface area contributed by atoms with Gasteiger partial charge >= 0.3 is 12.1 Å². The Morgan fingerprint density at radius 3 is 2.53 bits per heavy atom. The Hall–Kier alpha value is -1.79. The average molecular weight is 274 g/mol. The molecule has 0 spiro atoms. The number of halogens is 3. The molecule has 0 atom stereocenters. The topological polar surface area (TPSA) is 53.4 Å². The second-order valence-corrected chi connectivity index (χ2v) is 4.48. The van der Waals surface area contributed by atoms with Crippen LogP contribution in [0.4, 0.5) is 19.0 Å². The Morgan fingerprint density at radius 2 is 2.00 bits per heavy atom. The molecule has 1 aliphatic heterocycles. The molecule has 4 nitrogen and oxygen atoms in total. The van der Waals surface area contributed by atoms with Crippen molar-refractivity contribution in [2.24, 2.45) is 5.92 Å². The third kappa shape index (κ3) is 2.97. The van der Waals surface area contributed by atoms with Crippen LogP contribution in [0.5, 0.6) is 0 Å². The lowest BCUT2D eigenvalue weighted by Gasteiger charge is -2.34. The summed E-state index contributed by atoms with van der Waals surface area (Å²) in [5.74, 6) is -2.18.